The van der Waals surface area contributed by atoms with Crippen LogP contribution >= 0.6 is 0 Å². The lowest BCUT2D eigenvalue weighted by Crippen LogP contribution is -2.46. The SMILES string of the molecule is CC(C)(C)[S+]([O-])N[C@H](c1cccc(-c2ccc3cnn(-c4cccc(CO[Si](C)(C)C(C)(C)C)n4)c3c2)n1)C1CC(CO)C1. The highest BCUT2D eigenvalue weighted by atomic mass is 32.2. The minimum atomic E-state index is -1.91. The van der Waals surface area contributed by atoms with Crippen molar-refractivity contribution in [3.8, 4) is 17.1 Å². The van der Waals surface area contributed by atoms with Gasteiger partial charge in [-0.05, 0) is 93.9 Å². The average molecular weight is 634 g/mol. The quantitative estimate of drug-likeness (QED) is 0.141. The lowest BCUT2D eigenvalue weighted by molar-refractivity contribution is 0.0866. The molecule has 5 rings (SSSR count). The lowest BCUT2D eigenvalue weighted by atomic mass is 9.71. The van der Waals surface area contributed by atoms with Crippen molar-refractivity contribution in [2.75, 3.05) is 6.61 Å². The van der Waals surface area contributed by atoms with E-state index in [9.17, 15) is 9.66 Å². The maximum absolute atomic E-state index is 13.1. The highest BCUT2D eigenvalue weighted by Crippen LogP contribution is 2.43. The van der Waals surface area contributed by atoms with Crippen molar-refractivity contribution in [2.24, 2.45) is 11.8 Å². The number of nitrogens with one attached hydrogen (secondary N) is 1. The van der Waals surface area contributed by atoms with Gasteiger partial charge in [-0.15, -0.1) is 4.72 Å². The fourth-order valence-corrected chi connectivity index (χ4v) is 7.02. The molecular formula is C34H47N5O3SSi. The normalized spacial score (nSPS) is 19.1. The van der Waals surface area contributed by atoms with Gasteiger partial charge in [0.15, 0.2) is 14.1 Å². The predicted octanol–water partition coefficient (Wildman–Crippen LogP) is 7.12. The van der Waals surface area contributed by atoms with E-state index in [2.05, 4.69) is 61.9 Å². The van der Waals surface area contributed by atoms with Crippen LogP contribution in [0.2, 0.25) is 18.1 Å². The molecule has 8 nitrogen and oxygen atoms in total. The van der Waals surface area contributed by atoms with Crippen LogP contribution in [0.4, 0.5) is 0 Å². The molecule has 2 N–H and O–H groups in total. The van der Waals surface area contributed by atoms with Crippen LogP contribution < -0.4 is 4.72 Å². The third-order valence-electron chi connectivity index (χ3n) is 9.14. The summed E-state index contributed by atoms with van der Waals surface area (Å²) in [6, 6.07) is 18.1. The van der Waals surface area contributed by atoms with Crippen molar-refractivity contribution in [2.45, 2.75) is 89.9 Å². The van der Waals surface area contributed by atoms with E-state index in [0.29, 0.717) is 12.5 Å². The van der Waals surface area contributed by atoms with Crippen molar-refractivity contribution >= 4 is 30.6 Å². The Labute approximate surface area is 266 Å². The van der Waals surface area contributed by atoms with Crippen LogP contribution in [0.25, 0.3) is 28.0 Å². The number of aromatic nitrogens is 4. The highest BCUT2D eigenvalue weighted by molar-refractivity contribution is 7.90. The smallest absolute Gasteiger partial charge is 0.192 e. The maximum atomic E-state index is 13.1. The molecule has 0 spiro atoms. The Morgan fingerprint density at radius 1 is 1.05 bits per heavy atom. The maximum Gasteiger partial charge on any atom is 0.192 e. The monoisotopic (exact) mass is 633 g/mol. The van der Waals surface area contributed by atoms with Crippen LogP contribution in [0.1, 0.15) is 71.8 Å². The number of nitrogens with zero attached hydrogens (tertiary/aromatic N) is 4. The Bertz CT molecular complexity index is 1590. The molecule has 3 heterocycles. The Hall–Kier alpha value is -2.60. The van der Waals surface area contributed by atoms with Gasteiger partial charge in [-0.2, -0.15) is 5.10 Å². The second-order valence-corrected chi connectivity index (χ2v) is 21.4. The first-order valence-electron chi connectivity index (χ1n) is 15.5. The zero-order valence-corrected chi connectivity index (χ0v) is 29.1. The van der Waals surface area contributed by atoms with Gasteiger partial charge in [-0.1, -0.05) is 45.0 Å². The number of pyridine rings is 2. The Kier molecular flexibility index (Phi) is 9.43. The topological polar surface area (TPSA) is 108 Å². The number of fused-ring (bicyclic) bond motifs is 1. The van der Waals surface area contributed by atoms with Crippen LogP contribution in [0, 0.1) is 11.8 Å². The molecule has 1 unspecified atom stereocenters. The molecule has 4 aromatic rings. The predicted molar refractivity (Wildman–Crippen MR) is 181 cm³/mol. The number of aliphatic hydroxyl groups excluding tert-OH is 1. The van der Waals surface area contributed by atoms with Crippen LogP contribution in [-0.4, -0.2) is 49.1 Å². The van der Waals surface area contributed by atoms with E-state index >= 15 is 0 Å². The minimum Gasteiger partial charge on any atom is -0.598 e. The van der Waals surface area contributed by atoms with Gasteiger partial charge in [-0.3, -0.25) is 4.98 Å². The molecule has 0 aliphatic heterocycles. The number of rotatable bonds is 10. The van der Waals surface area contributed by atoms with Gasteiger partial charge in [0.2, 0.25) is 0 Å². The molecule has 44 heavy (non-hydrogen) atoms. The Morgan fingerprint density at radius 2 is 1.77 bits per heavy atom. The van der Waals surface area contributed by atoms with Crippen molar-refractivity contribution in [1.29, 1.82) is 0 Å². The molecule has 10 heteroatoms. The largest absolute Gasteiger partial charge is 0.598 e. The van der Waals surface area contributed by atoms with Gasteiger partial charge >= 0.3 is 0 Å². The molecule has 1 aliphatic carbocycles. The average Bonchev–Trinajstić information content (AvgIpc) is 3.37. The number of hydrogen-bond donors (Lipinski definition) is 2. The molecule has 0 saturated heterocycles. The van der Waals surface area contributed by atoms with Crippen molar-refractivity contribution in [3.63, 3.8) is 0 Å². The minimum absolute atomic E-state index is 0.129. The molecule has 3 aromatic heterocycles. The second-order valence-electron chi connectivity index (χ2n) is 14.6. The zero-order chi connectivity index (χ0) is 31.9. The van der Waals surface area contributed by atoms with Crippen LogP contribution in [0.15, 0.2) is 60.8 Å². The third-order valence-corrected chi connectivity index (χ3v) is 15.2. The van der Waals surface area contributed by atoms with Gasteiger partial charge in [0, 0.05) is 28.9 Å². The summed E-state index contributed by atoms with van der Waals surface area (Å²) in [7, 11) is -1.91. The Balaban J connectivity index is 1.43. The Morgan fingerprint density at radius 3 is 2.45 bits per heavy atom. The summed E-state index contributed by atoms with van der Waals surface area (Å²) in [6.45, 7) is 17.8. The second kappa shape index (κ2) is 12.7. The van der Waals surface area contributed by atoms with E-state index in [-0.39, 0.29) is 23.6 Å². The molecule has 1 saturated carbocycles. The molecule has 0 radical (unpaired) electrons. The molecule has 2 atom stereocenters. The van der Waals surface area contributed by atoms with E-state index in [4.69, 9.17) is 14.4 Å². The van der Waals surface area contributed by atoms with Gasteiger partial charge in [0.1, 0.15) is 4.75 Å². The molecule has 1 aromatic carbocycles. The molecule has 1 aliphatic rings. The van der Waals surface area contributed by atoms with Crippen molar-refractivity contribution < 1.29 is 14.1 Å². The first-order chi connectivity index (χ1) is 20.7. The molecular weight excluding hydrogens is 587 g/mol. The summed E-state index contributed by atoms with van der Waals surface area (Å²) >= 11 is -1.25. The number of hydrogen-bond acceptors (Lipinski definition) is 7. The highest BCUT2D eigenvalue weighted by Gasteiger charge is 2.40. The van der Waals surface area contributed by atoms with Gasteiger partial charge in [0.25, 0.3) is 0 Å². The number of benzene rings is 1. The van der Waals surface area contributed by atoms with Crippen LogP contribution in [-0.2, 0) is 22.4 Å². The first kappa shape index (κ1) is 32.8. The summed E-state index contributed by atoms with van der Waals surface area (Å²) in [5.41, 5.74) is 4.50. The van der Waals surface area contributed by atoms with E-state index in [1.165, 1.54) is 0 Å². The van der Waals surface area contributed by atoms with E-state index < -0.39 is 24.4 Å². The summed E-state index contributed by atoms with van der Waals surface area (Å²) in [5.74, 6) is 1.31. The lowest BCUT2D eigenvalue weighted by Gasteiger charge is -2.40. The van der Waals surface area contributed by atoms with Gasteiger partial charge in [0.05, 0.1) is 41.4 Å². The summed E-state index contributed by atoms with van der Waals surface area (Å²) in [6.07, 6.45) is 3.64. The van der Waals surface area contributed by atoms with Gasteiger partial charge < -0.3 is 14.1 Å². The molecule has 0 amide bonds. The van der Waals surface area contributed by atoms with E-state index in [0.717, 1.165) is 52.2 Å². The molecule has 1 fully saturated rings. The fourth-order valence-electron chi connectivity index (χ4n) is 5.18. The summed E-state index contributed by atoms with van der Waals surface area (Å²) < 4.78 is 24.4. The van der Waals surface area contributed by atoms with E-state index in [1.807, 2.05) is 68.0 Å². The zero-order valence-electron chi connectivity index (χ0n) is 27.3. The third kappa shape index (κ3) is 7.11. The van der Waals surface area contributed by atoms with Crippen molar-refractivity contribution in [3.05, 3.63) is 72.2 Å². The standard InChI is InChI=1S/C34H47N5O3SSi/c1-33(2,3)43(41)38-32(26-17-23(18-26)21-40)29-13-10-12-28(37-29)24-15-16-25-20-35-39(30(25)19-24)31-14-9-11-27(36-31)22-42-44(7,8)34(4,5)6/h9-16,19-20,23,26,32,38,40H,17-18,21-22H2,1-8H3/t23?,26?,32-,43?/m0/s1. The molecule has 0 bridgehead atoms. The van der Waals surface area contributed by atoms with Crippen molar-refractivity contribution in [1.82, 2.24) is 24.5 Å². The van der Waals surface area contributed by atoms with E-state index in [1.54, 1.807) is 0 Å². The first-order valence-corrected chi connectivity index (χ1v) is 19.6. The molecule has 236 valence electrons. The van der Waals surface area contributed by atoms with Crippen LogP contribution in [0.5, 0.6) is 0 Å². The van der Waals surface area contributed by atoms with Gasteiger partial charge in [-0.25, -0.2) is 9.67 Å². The summed E-state index contributed by atoms with van der Waals surface area (Å²) in [5, 5.41) is 15.5. The fraction of sp³-hybridized carbons (Fsp3) is 0.500. The number of aliphatic hydroxyl groups is 1. The summed E-state index contributed by atoms with van der Waals surface area (Å²) in [4.78, 5) is 10.0. The van der Waals surface area contributed by atoms with Crippen LogP contribution in [0.3, 0.4) is 0 Å².